The van der Waals surface area contributed by atoms with Crippen molar-refractivity contribution < 1.29 is 72.9 Å². The number of hydrogen-bond acceptors (Lipinski definition) is 9. The number of amides is 2. The minimum Gasteiger partial charge on any atom is -0.481 e. The van der Waals surface area contributed by atoms with Gasteiger partial charge in [-0.3, -0.25) is 28.8 Å². The first-order valence-corrected chi connectivity index (χ1v) is 33.0. The molecule has 2 aliphatic rings. The second-order valence-electron chi connectivity index (χ2n) is 26.9. The SMILES string of the molecule is CCOC(=O)C[C@H](NC(=O)C(CC(C)C)n1cc(CCN2CCC2)c(C(F)(F)F)cc1=O)c1c(F)c(C)cc(-c2c(C)cc(C)cc2C)c1F.Cc1cc(C)c(-c2cc(C)c(F)c([C@H](CC(=O)O)NC(=O)C(CC(C)C)n3cc(CCN4CCC4)c(C(F)(F)F)cc3=O)c2F)c(C)c1. The number of aryl methyl sites for hydroxylation is 8. The van der Waals surface area contributed by atoms with Crippen LogP contribution in [0.2, 0.25) is 0 Å². The number of pyridine rings is 2. The number of ether oxygens (including phenoxy) is 1. The van der Waals surface area contributed by atoms with E-state index in [0.29, 0.717) is 47.5 Å². The van der Waals surface area contributed by atoms with Crippen molar-refractivity contribution in [1.29, 1.82) is 0 Å². The van der Waals surface area contributed by atoms with Crippen molar-refractivity contribution in [1.82, 2.24) is 29.6 Å². The van der Waals surface area contributed by atoms with E-state index in [4.69, 9.17) is 4.74 Å². The Hall–Kier alpha value is -8.12. The van der Waals surface area contributed by atoms with Crippen LogP contribution in [0.1, 0.15) is 175 Å². The van der Waals surface area contributed by atoms with E-state index in [1.165, 1.54) is 26.0 Å². The molecule has 4 heterocycles. The van der Waals surface area contributed by atoms with Gasteiger partial charge in [0.25, 0.3) is 11.1 Å². The van der Waals surface area contributed by atoms with Crippen molar-refractivity contribution in [3.8, 4) is 22.3 Å². The predicted octanol–water partition coefficient (Wildman–Crippen LogP) is 14.9. The van der Waals surface area contributed by atoms with Gasteiger partial charge in [-0.05, 0) is 207 Å². The van der Waals surface area contributed by atoms with Gasteiger partial charge in [-0.15, -0.1) is 0 Å². The molecule has 24 heteroatoms. The van der Waals surface area contributed by atoms with Crippen LogP contribution in [0.3, 0.4) is 0 Å². The number of aliphatic carboxylic acids is 1. The molecule has 2 aliphatic heterocycles. The van der Waals surface area contributed by atoms with E-state index in [0.717, 1.165) is 82.8 Å². The smallest absolute Gasteiger partial charge is 0.416 e. The zero-order chi connectivity index (χ0) is 72.7. The summed E-state index contributed by atoms with van der Waals surface area (Å²) in [5.41, 5.74) is 0.260. The lowest BCUT2D eigenvalue weighted by atomic mass is 9.88. The maximum atomic E-state index is 16.7. The molecule has 0 bridgehead atoms. The Kier molecular flexibility index (Phi) is 25.4. The fraction of sp³-hybridized carbons (Fsp3) is 0.486. The molecule has 2 fully saturated rings. The molecule has 0 aliphatic carbocycles. The number of benzene rings is 4. The number of carboxylic acids is 1. The molecule has 3 N–H and O–H groups in total. The number of carbonyl (C=O) groups is 4. The van der Waals surface area contributed by atoms with Crippen LogP contribution in [-0.2, 0) is 49.1 Å². The number of hydrogen-bond donors (Lipinski definition) is 3. The third kappa shape index (κ3) is 18.6. The largest absolute Gasteiger partial charge is 0.481 e. The average molecular weight is 1380 g/mol. The first-order valence-electron chi connectivity index (χ1n) is 33.0. The van der Waals surface area contributed by atoms with E-state index in [1.54, 1.807) is 62.3 Å². The van der Waals surface area contributed by atoms with Crippen LogP contribution in [0.4, 0.5) is 43.9 Å². The molecule has 532 valence electrons. The second-order valence-corrected chi connectivity index (χ2v) is 26.9. The number of halogens is 10. The zero-order valence-corrected chi connectivity index (χ0v) is 57.7. The average Bonchev–Trinajstić information content (AvgIpc) is 0.778. The fourth-order valence-electron chi connectivity index (χ4n) is 13.3. The number of esters is 1. The lowest BCUT2D eigenvalue weighted by molar-refractivity contribution is -0.144. The lowest BCUT2D eigenvalue weighted by Gasteiger charge is -2.31. The van der Waals surface area contributed by atoms with Gasteiger partial charge in [0.2, 0.25) is 11.8 Å². The normalized spacial score (nSPS) is 14.8. The predicted molar refractivity (Wildman–Crippen MR) is 355 cm³/mol. The van der Waals surface area contributed by atoms with Gasteiger partial charge in [0.1, 0.15) is 35.4 Å². The van der Waals surface area contributed by atoms with Gasteiger partial charge in [-0.2, -0.15) is 26.3 Å². The van der Waals surface area contributed by atoms with Gasteiger partial charge in [-0.1, -0.05) is 63.1 Å². The maximum absolute atomic E-state index is 16.7. The molecular formula is C74H88F10N6O8. The van der Waals surface area contributed by atoms with E-state index in [9.17, 15) is 60.2 Å². The Morgan fingerprint density at radius 3 is 1.16 bits per heavy atom. The van der Waals surface area contributed by atoms with Crippen LogP contribution in [0.15, 0.2) is 70.5 Å². The van der Waals surface area contributed by atoms with Crippen LogP contribution < -0.4 is 21.8 Å². The van der Waals surface area contributed by atoms with Gasteiger partial charge in [0.15, 0.2) is 0 Å². The summed E-state index contributed by atoms with van der Waals surface area (Å²) < 4.78 is 156. The van der Waals surface area contributed by atoms with E-state index in [1.807, 2.05) is 47.9 Å². The highest BCUT2D eigenvalue weighted by atomic mass is 19.4. The first-order chi connectivity index (χ1) is 45.8. The highest BCUT2D eigenvalue weighted by Crippen LogP contribution is 2.41. The van der Waals surface area contributed by atoms with E-state index in [2.05, 4.69) is 10.6 Å². The highest BCUT2D eigenvalue weighted by molar-refractivity contribution is 5.84. The molecule has 98 heavy (non-hydrogen) atoms. The summed E-state index contributed by atoms with van der Waals surface area (Å²) in [5.74, 6) is -8.60. The molecule has 4 aromatic carbocycles. The number of rotatable bonds is 25. The molecule has 2 unspecified atom stereocenters. The standard InChI is InChI=1S/C38H46F5N3O4.C36H42F5N3O4/c1-8-50-32(48)19-29(34-35(39)25(7)17-27(36(34)40)33-23(5)15-22(4)16-24(33)6)44-37(49)30(14-21(2)3)46-20-26(10-13-45-11-9-12-45)28(18-31(46)47)38(41,42)43;1-19(2)12-28(44-18-24(8-11-43-9-7-10-43)26(16-29(44)45)36(39,40)41)35(48)42-27(17-30(46)47)32-33(37)23(6)15-25(34(32)38)31-21(4)13-20(3)14-22(31)5/h15-18,20-21,29-30H,8-14,19H2,1-7H3,(H,44,49);13-16,18-19,27-28H,7-12,17H2,1-6H3,(H,42,48)(H,46,47)/t29-,30?;27-,28?/m00/s1. The zero-order valence-electron chi connectivity index (χ0n) is 57.7. The maximum Gasteiger partial charge on any atom is 0.416 e. The van der Waals surface area contributed by atoms with Crippen molar-refractivity contribution in [2.75, 3.05) is 45.9 Å². The number of likely N-dealkylation sites (tertiary alicyclic amines) is 2. The summed E-state index contributed by atoms with van der Waals surface area (Å²) in [6, 6.07) is 5.09. The van der Waals surface area contributed by atoms with Crippen LogP contribution in [0.25, 0.3) is 22.3 Å². The quantitative estimate of drug-likeness (QED) is 0.0370. The summed E-state index contributed by atoms with van der Waals surface area (Å²) >= 11 is 0. The number of nitrogens with one attached hydrogen (secondary N) is 2. The Morgan fingerprint density at radius 2 is 0.867 bits per heavy atom. The molecule has 2 aromatic heterocycles. The molecule has 0 spiro atoms. The summed E-state index contributed by atoms with van der Waals surface area (Å²) in [6.07, 6.45) is -7.17. The number of nitrogens with zero attached hydrogens (tertiary/aromatic N) is 4. The van der Waals surface area contributed by atoms with E-state index in [-0.39, 0.29) is 77.5 Å². The van der Waals surface area contributed by atoms with E-state index < -0.39 is 130 Å². The van der Waals surface area contributed by atoms with Crippen molar-refractivity contribution in [3.63, 3.8) is 0 Å². The molecule has 2 amide bonds. The number of carbonyl (C=O) groups excluding carboxylic acids is 3. The first kappa shape index (κ1) is 77.2. The van der Waals surface area contributed by atoms with Gasteiger partial charge in [0.05, 0.1) is 42.7 Å². The Labute approximate surface area is 564 Å². The summed E-state index contributed by atoms with van der Waals surface area (Å²) in [4.78, 5) is 83.5. The molecule has 0 saturated carbocycles. The van der Waals surface area contributed by atoms with Crippen molar-refractivity contribution in [3.05, 3.63) is 183 Å². The fourth-order valence-corrected chi connectivity index (χ4v) is 13.3. The minimum atomic E-state index is -4.81. The van der Waals surface area contributed by atoms with Gasteiger partial charge in [0, 0.05) is 59.9 Å². The molecule has 14 nitrogen and oxygen atoms in total. The van der Waals surface area contributed by atoms with Crippen LogP contribution in [0, 0.1) is 90.5 Å². The number of carboxylic acid groups (broad SMARTS) is 1. The molecule has 0 radical (unpaired) electrons. The van der Waals surface area contributed by atoms with Crippen LogP contribution in [0.5, 0.6) is 0 Å². The van der Waals surface area contributed by atoms with Crippen molar-refractivity contribution in [2.24, 2.45) is 11.8 Å². The third-order valence-electron chi connectivity index (χ3n) is 18.0. The Balaban J connectivity index is 0.000000276. The number of alkyl halides is 6. The third-order valence-corrected chi connectivity index (χ3v) is 18.0. The van der Waals surface area contributed by atoms with E-state index >= 15 is 17.6 Å². The molecule has 2 saturated heterocycles. The van der Waals surface area contributed by atoms with Crippen LogP contribution in [-0.4, -0.2) is 93.7 Å². The van der Waals surface area contributed by atoms with Crippen LogP contribution >= 0.6 is 0 Å². The summed E-state index contributed by atoms with van der Waals surface area (Å²) in [6.45, 7) is 26.1. The van der Waals surface area contributed by atoms with Gasteiger partial charge >= 0.3 is 24.3 Å². The molecule has 6 aromatic rings. The monoisotopic (exact) mass is 1380 g/mol. The second kappa shape index (κ2) is 32.3. The Bertz CT molecular complexity index is 4030. The topological polar surface area (TPSA) is 172 Å². The minimum absolute atomic E-state index is 0.00302. The Morgan fingerprint density at radius 1 is 0.520 bits per heavy atom. The molecule has 8 rings (SSSR count). The molecule has 4 atom stereocenters. The summed E-state index contributed by atoms with van der Waals surface area (Å²) in [7, 11) is 0. The molecular weight excluding hydrogens is 1290 g/mol. The summed E-state index contributed by atoms with van der Waals surface area (Å²) in [5, 5.41) is 14.8. The lowest BCUT2D eigenvalue weighted by Crippen LogP contribution is -2.41. The van der Waals surface area contributed by atoms with Gasteiger partial charge < -0.3 is 39.4 Å². The highest BCUT2D eigenvalue weighted by Gasteiger charge is 2.40. The number of aromatic nitrogens is 2. The van der Waals surface area contributed by atoms with Crippen molar-refractivity contribution >= 4 is 23.8 Å². The van der Waals surface area contributed by atoms with Crippen molar-refractivity contribution in [2.45, 2.75) is 178 Å². The van der Waals surface area contributed by atoms with Gasteiger partial charge in [-0.25, -0.2) is 17.6 Å².